The Labute approximate surface area is 103 Å². The minimum Gasteiger partial charge on any atom is -0.475 e. The Kier molecular flexibility index (Phi) is 4.53. The number of hydrogen-bond acceptors (Lipinski definition) is 3. The van der Waals surface area contributed by atoms with E-state index in [0.29, 0.717) is 5.56 Å². The van der Waals surface area contributed by atoms with Gasteiger partial charge in [0.05, 0.1) is 6.42 Å². The highest BCUT2D eigenvalue weighted by molar-refractivity contribution is 6.36. The van der Waals surface area contributed by atoms with Gasteiger partial charge in [-0.1, -0.05) is 12.1 Å². The smallest absolute Gasteiger partial charge is 0.372 e. The zero-order valence-electron chi connectivity index (χ0n) is 9.72. The number of carboxylic acids is 1. The second-order valence-electron chi connectivity index (χ2n) is 3.78. The normalized spacial score (nSPS) is 9.89. The summed E-state index contributed by atoms with van der Waals surface area (Å²) in [5, 5.41) is 8.37. The molecule has 6 heteroatoms. The highest BCUT2D eigenvalue weighted by atomic mass is 19.1. The number of halogens is 1. The standard InChI is InChI=1S/C12H12FNO4/c1-14(11(16)6-10(15)12(17)18)7-8-3-2-4-9(13)5-8/h2-5H,6-7H2,1H3,(H,17,18). The first-order chi connectivity index (χ1) is 8.40. The lowest BCUT2D eigenvalue weighted by atomic mass is 10.2. The van der Waals surface area contributed by atoms with E-state index in [4.69, 9.17) is 5.11 Å². The van der Waals surface area contributed by atoms with Crippen LogP contribution in [0.3, 0.4) is 0 Å². The molecule has 1 aromatic rings. The van der Waals surface area contributed by atoms with E-state index in [2.05, 4.69) is 0 Å². The zero-order chi connectivity index (χ0) is 13.7. The molecule has 0 saturated heterocycles. The average molecular weight is 253 g/mol. The van der Waals surface area contributed by atoms with Gasteiger partial charge in [-0.3, -0.25) is 9.59 Å². The summed E-state index contributed by atoms with van der Waals surface area (Å²) in [4.78, 5) is 33.8. The number of ketones is 1. The van der Waals surface area contributed by atoms with Crippen molar-refractivity contribution in [1.82, 2.24) is 4.90 Å². The summed E-state index contributed by atoms with van der Waals surface area (Å²) >= 11 is 0. The van der Waals surface area contributed by atoms with Gasteiger partial charge in [-0.15, -0.1) is 0 Å². The Morgan fingerprint density at radius 3 is 2.56 bits per heavy atom. The van der Waals surface area contributed by atoms with Crippen molar-refractivity contribution in [3.63, 3.8) is 0 Å². The van der Waals surface area contributed by atoms with Gasteiger partial charge in [-0.2, -0.15) is 0 Å². The van der Waals surface area contributed by atoms with E-state index >= 15 is 0 Å². The summed E-state index contributed by atoms with van der Waals surface area (Å²) in [6, 6.07) is 5.68. The van der Waals surface area contributed by atoms with E-state index in [-0.39, 0.29) is 6.54 Å². The predicted molar refractivity (Wildman–Crippen MR) is 60.1 cm³/mol. The molecule has 1 amide bonds. The molecule has 0 aromatic heterocycles. The van der Waals surface area contributed by atoms with Crippen molar-refractivity contribution in [2.75, 3.05) is 7.05 Å². The number of amides is 1. The first kappa shape index (κ1) is 13.8. The van der Waals surface area contributed by atoms with Crippen LogP contribution in [-0.4, -0.2) is 34.7 Å². The number of carbonyl (C=O) groups is 3. The van der Waals surface area contributed by atoms with Gasteiger partial charge in [0.1, 0.15) is 5.82 Å². The molecule has 96 valence electrons. The summed E-state index contributed by atoms with van der Waals surface area (Å²) in [5.74, 6) is -3.84. The van der Waals surface area contributed by atoms with Crippen LogP contribution in [0.5, 0.6) is 0 Å². The Balaban J connectivity index is 2.60. The van der Waals surface area contributed by atoms with Gasteiger partial charge in [0.2, 0.25) is 11.7 Å². The molecule has 1 rings (SSSR count). The van der Waals surface area contributed by atoms with Crippen molar-refractivity contribution in [3.8, 4) is 0 Å². The number of carboxylic acid groups (broad SMARTS) is 1. The third-order valence-electron chi connectivity index (χ3n) is 2.28. The third kappa shape index (κ3) is 3.97. The number of nitrogens with zero attached hydrogens (tertiary/aromatic N) is 1. The molecule has 0 spiro atoms. The topological polar surface area (TPSA) is 74.7 Å². The van der Waals surface area contributed by atoms with Crippen molar-refractivity contribution in [2.24, 2.45) is 0 Å². The van der Waals surface area contributed by atoms with Gasteiger partial charge >= 0.3 is 5.97 Å². The van der Waals surface area contributed by atoms with Gasteiger partial charge in [-0.25, -0.2) is 9.18 Å². The van der Waals surface area contributed by atoms with Crippen molar-refractivity contribution in [1.29, 1.82) is 0 Å². The lowest BCUT2D eigenvalue weighted by Gasteiger charge is -2.16. The average Bonchev–Trinajstić information content (AvgIpc) is 2.28. The molecule has 0 heterocycles. The quantitative estimate of drug-likeness (QED) is 0.623. The van der Waals surface area contributed by atoms with Crippen LogP contribution in [0.1, 0.15) is 12.0 Å². The van der Waals surface area contributed by atoms with E-state index in [9.17, 15) is 18.8 Å². The maximum absolute atomic E-state index is 12.9. The van der Waals surface area contributed by atoms with Crippen LogP contribution in [-0.2, 0) is 20.9 Å². The van der Waals surface area contributed by atoms with Crippen LogP contribution in [0, 0.1) is 5.82 Å². The number of carbonyl (C=O) groups excluding carboxylic acids is 2. The highest BCUT2D eigenvalue weighted by Crippen LogP contribution is 2.07. The van der Waals surface area contributed by atoms with Gasteiger partial charge in [-0.05, 0) is 17.7 Å². The highest BCUT2D eigenvalue weighted by Gasteiger charge is 2.19. The third-order valence-corrected chi connectivity index (χ3v) is 2.28. The molecule has 0 radical (unpaired) electrons. The lowest BCUT2D eigenvalue weighted by molar-refractivity contribution is -0.151. The fourth-order valence-electron chi connectivity index (χ4n) is 1.35. The van der Waals surface area contributed by atoms with Crippen LogP contribution >= 0.6 is 0 Å². The molecule has 0 aliphatic rings. The maximum Gasteiger partial charge on any atom is 0.372 e. The maximum atomic E-state index is 12.9. The molecule has 18 heavy (non-hydrogen) atoms. The molecule has 1 aromatic carbocycles. The van der Waals surface area contributed by atoms with Gasteiger partial charge in [0, 0.05) is 13.6 Å². The van der Waals surface area contributed by atoms with E-state index in [1.165, 1.54) is 30.1 Å². The van der Waals surface area contributed by atoms with Crippen LogP contribution in [0.4, 0.5) is 4.39 Å². The van der Waals surface area contributed by atoms with Crippen molar-refractivity contribution >= 4 is 17.7 Å². The molecule has 0 atom stereocenters. The predicted octanol–water partition coefficient (Wildman–Crippen LogP) is 0.828. The minimum atomic E-state index is -1.64. The van der Waals surface area contributed by atoms with Crippen LogP contribution in [0.2, 0.25) is 0 Å². The summed E-state index contributed by atoms with van der Waals surface area (Å²) in [5.41, 5.74) is 0.564. The molecule has 0 fully saturated rings. The molecule has 5 nitrogen and oxygen atoms in total. The largest absolute Gasteiger partial charge is 0.475 e. The molecular formula is C12H12FNO4. The number of hydrogen-bond donors (Lipinski definition) is 1. The molecule has 0 bridgehead atoms. The lowest BCUT2D eigenvalue weighted by Crippen LogP contribution is -2.30. The zero-order valence-corrected chi connectivity index (χ0v) is 9.72. The van der Waals surface area contributed by atoms with E-state index < -0.39 is 29.9 Å². The first-order valence-electron chi connectivity index (χ1n) is 5.14. The van der Waals surface area contributed by atoms with Crippen LogP contribution < -0.4 is 0 Å². The molecule has 0 unspecified atom stereocenters. The summed E-state index contributed by atoms with van der Waals surface area (Å²) in [7, 11) is 1.42. The van der Waals surface area contributed by atoms with Crippen LogP contribution in [0.15, 0.2) is 24.3 Å². The van der Waals surface area contributed by atoms with Gasteiger partial charge in [0.25, 0.3) is 0 Å². The van der Waals surface area contributed by atoms with E-state index in [1.54, 1.807) is 6.07 Å². The number of benzene rings is 1. The molecular weight excluding hydrogens is 241 g/mol. The number of aliphatic carboxylic acids is 1. The molecule has 0 saturated carbocycles. The Morgan fingerprint density at radius 2 is 2.00 bits per heavy atom. The Hall–Kier alpha value is -2.24. The second-order valence-corrected chi connectivity index (χ2v) is 3.78. The molecule has 0 aliphatic carbocycles. The van der Waals surface area contributed by atoms with E-state index in [1.807, 2.05) is 0 Å². The first-order valence-corrected chi connectivity index (χ1v) is 5.14. The Bertz CT molecular complexity index is 487. The monoisotopic (exact) mass is 253 g/mol. The number of Topliss-reactive ketones (excluding diaryl/α,β-unsaturated/α-hetero) is 1. The summed E-state index contributed by atoms with van der Waals surface area (Å²) in [6.45, 7) is 0.115. The van der Waals surface area contributed by atoms with Gasteiger partial charge in [0.15, 0.2) is 0 Å². The second kappa shape index (κ2) is 5.90. The number of rotatable bonds is 5. The molecule has 1 N–H and O–H groups in total. The fourth-order valence-corrected chi connectivity index (χ4v) is 1.35. The van der Waals surface area contributed by atoms with E-state index in [0.717, 1.165) is 0 Å². The summed E-state index contributed by atoms with van der Waals surface area (Å²) < 4.78 is 12.9. The van der Waals surface area contributed by atoms with Crippen LogP contribution in [0.25, 0.3) is 0 Å². The SMILES string of the molecule is CN(Cc1cccc(F)c1)C(=O)CC(=O)C(=O)O. The minimum absolute atomic E-state index is 0.115. The van der Waals surface area contributed by atoms with Gasteiger partial charge < -0.3 is 10.0 Å². The van der Waals surface area contributed by atoms with Crippen molar-refractivity contribution in [3.05, 3.63) is 35.6 Å². The van der Waals surface area contributed by atoms with Crippen molar-refractivity contribution in [2.45, 2.75) is 13.0 Å². The van der Waals surface area contributed by atoms with Crippen molar-refractivity contribution < 1.29 is 23.9 Å². The summed E-state index contributed by atoms with van der Waals surface area (Å²) in [6.07, 6.45) is -0.693. The Morgan fingerprint density at radius 1 is 1.33 bits per heavy atom. The fraction of sp³-hybridized carbons (Fsp3) is 0.250. The molecule has 0 aliphatic heterocycles.